The van der Waals surface area contributed by atoms with E-state index in [4.69, 9.17) is 4.42 Å². The molecule has 0 unspecified atom stereocenters. The molecule has 3 rings (SSSR count). The topological polar surface area (TPSA) is 50.4 Å². The van der Waals surface area contributed by atoms with Gasteiger partial charge in [0.15, 0.2) is 5.76 Å². The first-order chi connectivity index (χ1) is 10.8. The van der Waals surface area contributed by atoms with Crippen molar-refractivity contribution < 1.29 is 22.7 Å². The minimum absolute atomic E-state index is 0.151. The van der Waals surface area contributed by atoms with Gasteiger partial charge in [-0.1, -0.05) is 18.2 Å². The molecular formula is C17H11F3O3. The molecule has 3 nitrogen and oxygen atoms in total. The van der Waals surface area contributed by atoms with Crippen LogP contribution in [0.15, 0.2) is 51.7 Å². The summed E-state index contributed by atoms with van der Waals surface area (Å²) in [5.74, 6) is -0.775. The van der Waals surface area contributed by atoms with Gasteiger partial charge in [0.2, 0.25) is 11.2 Å². The summed E-state index contributed by atoms with van der Waals surface area (Å²) in [6, 6.07) is 8.92. The van der Waals surface area contributed by atoms with Crippen molar-refractivity contribution >= 4 is 11.0 Å². The Kier molecular flexibility index (Phi) is 3.39. The molecule has 1 heterocycles. The van der Waals surface area contributed by atoms with Gasteiger partial charge in [-0.05, 0) is 36.8 Å². The molecule has 118 valence electrons. The van der Waals surface area contributed by atoms with Crippen LogP contribution in [0.2, 0.25) is 0 Å². The third-order valence-corrected chi connectivity index (χ3v) is 3.50. The van der Waals surface area contributed by atoms with Crippen LogP contribution in [0, 0.1) is 6.92 Å². The van der Waals surface area contributed by atoms with Crippen LogP contribution in [0.1, 0.15) is 11.1 Å². The van der Waals surface area contributed by atoms with Crippen LogP contribution in [0.3, 0.4) is 0 Å². The van der Waals surface area contributed by atoms with E-state index in [0.717, 1.165) is 29.8 Å². The fourth-order valence-corrected chi connectivity index (χ4v) is 2.30. The van der Waals surface area contributed by atoms with Crippen LogP contribution < -0.4 is 5.43 Å². The molecule has 0 aliphatic carbocycles. The van der Waals surface area contributed by atoms with E-state index in [1.54, 1.807) is 12.1 Å². The number of hydrogen-bond donors (Lipinski definition) is 1. The van der Waals surface area contributed by atoms with Gasteiger partial charge in [-0.25, -0.2) is 0 Å². The molecule has 0 saturated carbocycles. The minimum atomic E-state index is -4.46. The van der Waals surface area contributed by atoms with Crippen LogP contribution in [0.4, 0.5) is 13.2 Å². The Morgan fingerprint density at radius 1 is 1.04 bits per heavy atom. The van der Waals surface area contributed by atoms with Crippen molar-refractivity contribution in [2.24, 2.45) is 0 Å². The molecule has 0 atom stereocenters. The monoisotopic (exact) mass is 320 g/mol. The van der Waals surface area contributed by atoms with Crippen LogP contribution >= 0.6 is 0 Å². The standard InChI is InChI=1S/C17H11F3O3/c1-9-2-7-12-13(8-9)23-16(15(22)14(12)21)10-3-5-11(6-4-10)17(18,19)20/h2-8,22H,1H3. The second-order valence-electron chi connectivity index (χ2n) is 5.18. The molecular weight excluding hydrogens is 309 g/mol. The molecule has 3 aromatic rings. The third-order valence-electron chi connectivity index (χ3n) is 3.50. The van der Waals surface area contributed by atoms with E-state index in [-0.39, 0.29) is 22.3 Å². The molecule has 0 aliphatic rings. The average Bonchev–Trinajstić information content (AvgIpc) is 2.50. The minimum Gasteiger partial charge on any atom is -0.502 e. The van der Waals surface area contributed by atoms with E-state index in [1.165, 1.54) is 6.07 Å². The highest BCUT2D eigenvalue weighted by Crippen LogP contribution is 2.34. The second-order valence-corrected chi connectivity index (χ2v) is 5.18. The van der Waals surface area contributed by atoms with Gasteiger partial charge in [0, 0.05) is 5.56 Å². The van der Waals surface area contributed by atoms with E-state index in [0.29, 0.717) is 0 Å². The molecule has 6 heteroatoms. The van der Waals surface area contributed by atoms with Gasteiger partial charge in [0.25, 0.3) is 0 Å². The maximum absolute atomic E-state index is 12.6. The average molecular weight is 320 g/mol. The summed E-state index contributed by atoms with van der Waals surface area (Å²) in [6.07, 6.45) is -4.46. The first-order valence-electron chi connectivity index (χ1n) is 6.71. The zero-order chi connectivity index (χ0) is 16.8. The number of hydrogen-bond acceptors (Lipinski definition) is 3. The summed E-state index contributed by atoms with van der Waals surface area (Å²) in [4.78, 5) is 12.2. The van der Waals surface area contributed by atoms with Gasteiger partial charge in [-0.2, -0.15) is 13.2 Å². The molecule has 0 aliphatic heterocycles. The Balaban J connectivity index is 2.20. The molecule has 0 amide bonds. The van der Waals surface area contributed by atoms with Crippen LogP contribution in [-0.4, -0.2) is 5.11 Å². The molecule has 0 saturated heterocycles. The number of alkyl halides is 3. The van der Waals surface area contributed by atoms with E-state index >= 15 is 0 Å². The maximum Gasteiger partial charge on any atom is 0.416 e. The Morgan fingerprint density at radius 3 is 2.30 bits per heavy atom. The van der Waals surface area contributed by atoms with Gasteiger partial charge in [-0.3, -0.25) is 4.79 Å². The van der Waals surface area contributed by atoms with Crippen molar-refractivity contribution in [3.8, 4) is 17.1 Å². The molecule has 2 aromatic carbocycles. The molecule has 23 heavy (non-hydrogen) atoms. The van der Waals surface area contributed by atoms with Gasteiger partial charge < -0.3 is 9.52 Å². The summed E-state index contributed by atoms with van der Waals surface area (Å²) < 4.78 is 43.3. The highest BCUT2D eigenvalue weighted by atomic mass is 19.4. The van der Waals surface area contributed by atoms with Gasteiger partial charge in [-0.15, -0.1) is 0 Å². The maximum atomic E-state index is 12.6. The highest BCUT2D eigenvalue weighted by molar-refractivity contribution is 5.82. The van der Waals surface area contributed by atoms with E-state index in [9.17, 15) is 23.1 Å². The summed E-state index contributed by atoms with van der Waals surface area (Å²) in [6.45, 7) is 1.81. The SMILES string of the molecule is Cc1ccc2c(=O)c(O)c(-c3ccc(C(F)(F)F)cc3)oc2c1. The fraction of sp³-hybridized carbons (Fsp3) is 0.118. The lowest BCUT2D eigenvalue weighted by molar-refractivity contribution is -0.137. The van der Waals surface area contributed by atoms with Crippen molar-refractivity contribution in [2.75, 3.05) is 0 Å². The van der Waals surface area contributed by atoms with Crippen molar-refractivity contribution in [1.82, 2.24) is 0 Å². The van der Waals surface area contributed by atoms with Crippen LogP contribution in [0.5, 0.6) is 5.75 Å². The van der Waals surface area contributed by atoms with Gasteiger partial charge in [0.05, 0.1) is 10.9 Å². The number of fused-ring (bicyclic) bond motifs is 1. The lowest BCUT2D eigenvalue weighted by atomic mass is 10.1. The smallest absolute Gasteiger partial charge is 0.416 e. The second kappa shape index (κ2) is 5.15. The summed E-state index contributed by atoms with van der Waals surface area (Å²) in [7, 11) is 0. The van der Waals surface area contributed by atoms with Crippen molar-refractivity contribution in [1.29, 1.82) is 0 Å². The number of benzene rings is 2. The molecule has 1 N–H and O–H groups in total. The molecule has 0 spiro atoms. The first kappa shape index (κ1) is 15.1. The van der Waals surface area contributed by atoms with E-state index < -0.39 is 22.9 Å². The van der Waals surface area contributed by atoms with Crippen molar-refractivity contribution in [3.05, 3.63) is 63.8 Å². The zero-order valence-electron chi connectivity index (χ0n) is 11.9. The van der Waals surface area contributed by atoms with Gasteiger partial charge >= 0.3 is 6.18 Å². The Labute approximate surface area is 128 Å². The Morgan fingerprint density at radius 2 is 1.70 bits per heavy atom. The molecule has 0 bridgehead atoms. The number of rotatable bonds is 1. The largest absolute Gasteiger partial charge is 0.502 e. The predicted octanol–water partition coefficient (Wildman–Crippen LogP) is 4.49. The lowest BCUT2D eigenvalue weighted by Gasteiger charge is -2.09. The van der Waals surface area contributed by atoms with Gasteiger partial charge in [0.1, 0.15) is 5.58 Å². The fourth-order valence-electron chi connectivity index (χ4n) is 2.30. The highest BCUT2D eigenvalue weighted by Gasteiger charge is 2.30. The predicted molar refractivity (Wildman–Crippen MR) is 79.3 cm³/mol. The molecule has 0 fully saturated rings. The number of aryl methyl sites for hydroxylation is 1. The van der Waals surface area contributed by atoms with Crippen LogP contribution in [0.25, 0.3) is 22.3 Å². The summed E-state index contributed by atoms with van der Waals surface area (Å²) in [5, 5.41) is 10.2. The summed E-state index contributed by atoms with van der Waals surface area (Å²) >= 11 is 0. The number of aromatic hydroxyl groups is 1. The molecule has 0 radical (unpaired) electrons. The molecule has 1 aromatic heterocycles. The Hall–Kier alpha value is -2.76. The zero-order valence-corrected chi connectivity index (χ0v) is 11.9. The number of halogens is 3. The van der Waals surface area contributed by atoms with Crippen LogP contribution in [-0.2, 0) is 6.18 Å². The third kappa shape index (κ3) is 2.67. The quantitative estimate of drug-likeness (QED) is 0.718. The van der Waals surface area contributed by atoms with Crippen molar-refractivity contribution in [2.45, 2.75) is 13.1 Å². The normalized spacial score (nSPS) is 11.8. The van der Waals surface area contributed by atoms with Crippen molar-refractivity contribution in [3.63, 3.8) is 0 Å². The lowest BCUT2D eigenvalue weighted by Crippen LogP contribution is -2.05. The summed E-state index contributed by atoms with van der Waals surface area (Å²) in [5.41, 5.74) is -0.135. The Bertz CT molecular complexity index is 938. The van der Waals surface area contributed by atoms with E-state index in [2.05, 4.69) is 0 Å². The first-order valence-corrected chi connectivity index (χ1v) is 6.71. The van der Waals surface area contributed by atoms with E-state index in [1.807, 2.05) is 6.92 Å².